The molecule has 0 heterocycles. The quantitative estimate of drug-likeness (QED) is 0.583. The highest BCUT2D eigenvalue weighted by molar-refractivity contribution is 5.75. The molecule has 0 aliphatic heterocycles. The fraction of sp³-hybridized carbons (Fsp3) is 0.400. The van der Waals surface area contributed by atoms with Crippen LogP contribution in [-0.2, 0) is 20.8 Å². The first-order chi connectivity index (χ1) is 9.47. The number of esters is 1. The molecule has 0 saturated heterocycles. The third-order valence-corrected chi connectivity index (χ3v) is 2.69. The Labute approximate surface area is 117 Å². The van der Waals surface area contributed by atoms with Gasteiger partial charge in [-0.1, -0.05) is 12.1 Å². The van der Waals surface area contributed by atoms with Gasteiger partial charge in [0.05, 0.1) is 0 Å². The van der Waals surface area contributed by atoms with Crippen LogP contribution in [-0.4, -0.2) is 22.8 Å². The molecule has 0 aliphatic carbocycles. The van der Waals surface area contributed by atoms with Gasteiger partial charge in [0.2, 0.25) is 0 Å². The lowest BCUT2D eigenvalue weighted by Gasteiger charge is -2.05. The summed E-state index contributed by atoms with van der Waals surface area (Å²) in [4.78, 5) is 32.6. The van der Waals surface area contributed by atoms with Gasteiger partial charge in [0, 0.05) is 19.3 Å². The summed E-state index contributed by atoms with van der Waals surface area (Å²) < 4.78 is 5.08. The molecule has 1 aromatic rings. The smallest absolute Gasteiger partial charge is 0.311 e. The molecule has 0 amide bonds. The van der Waals surface area contributed by atoms with Crippen LogP contribution >= 0.6 is 0 Å². The van der Waals surface area contributed by atoms with Crippen LogP contribution in [0.5, 0.6) is 5.75 Å². The van der Waals surface area contributed by atoms with Crippen LogP contribution < -0.4 is 4.74 Å². The number of hydrogen-bond acceptors (Lipinski definition) is 4. The van der Waals surface area contributed by atoms with E-state index in [1.54, 1.807) is 19.1 Å². The van der Waals surface area contributed by atoms with E-state index >= 15 is 0 Å². The predicted octanol–water partition coefficient (Wildman–Crippen LogP) is 2.37. The molecule has 1 aromatic carbocycles. The summed E-state index contributed by atoms with van der Waals surface area (Å²) in [7, 11) is 0. The van der Waals surface area contributed by atoms with Crippen molar-refractivity contribution < 1.29 is 24.2 Å². The van der Waals surface area contributed by atoms with E-state index in [9.17, 15) is 14.4 Å². The number of carboxylic acids is 1. The molecule has 0 aromatic heterocycles. The lowest BCUT2D eigenvalue weighted by Crippen LogP contribution is -2.08. The molecule has 108 valence electrons. The maximum absolute atomic E-state index is 11.4. The first kappa shape index (κ1) is 15.9. The maximum atomic E-state index is 11.4. The Balaban J connectivity index is 2.38. The highest BCUT2D eigenvalue weighted by Crippen LogP contribution is 2.14. The largest absolute Gasteiger partial charge is 0.481 e. The van der Waals surface area contributed by atoms with Crippen LogP contribution in [0, 0.1) is 0 Å². The van der Waals surface area contributed by atoms with Crippen molar-refractivity contribution in [1.82, 2.24) is 0 Å². The van der Waals surface area contributed by atoms with Crippen molar-refractivity contribution in [3.8, 4) is 5.75 Å². The molecule has 1 rings (SSSR count). The van der Waals surface area contributed by atoms with Crippen molar-refractivity contribution in [2.45, 2.75) is 39.0 Å². The molecule has 1 N–H and O–H groups in total. The number of hydrogen-bond donors (Lipinski definition) is 1. The number of ketones is 1. The predicted molar refractivity (Wildman–Crippen MR) is 72.6 cm³/mol. The summed E-state index contributed by atoms with van der Waals surface area (Å²) in [5.74, 6) is -0.800. The van der Waals surface area contributed by atoms with Crippen LogP contribution in [0.4, 0.5) is 0 Å². The van der Waals surface area contributed by atoms with Gasteiger partial charge in [-0.25, -0.2) is 0 Å². The summed E-state index contributed by atoms with van der Waals surface area (Å²) in [6.07, 6.45) is 1.47. The van der Waals surface area contributed by atoms with Crippen molar-refractivity contribution in [2.24, 2.45) is 0 Å². The lowest BCUT2D eigenvalue weighted by molar-refractivity contribution is -0.137. The third-order valence-electron chi connectivity index (χ3n) is 2.69. The zero-order valence-electron chi connectivity index (χ0n) is 11.4. The van der Waals surface area contributed by atoms with Gasteiger partial charge >= 0.3 is 11.9 Å². The van der Waals surface area contributed by atoms with Gasteiger partial charge in [-0.2, -0.15) is 0 Å². The van der Waals surface area contributed by atoms with Crippen LogP contribution in [0.2, 0.25) is 0 Å². The van der Waals surface area contributed by atoms with Crippen LogP contribution in [0.15, 0.2) is 24.3 Å². The zero-order chi connectivity index (χ0) is 15.0. The number of Topliss-reactive ketones (excluding diaryl/α,β-unsaturated/α-hetero) is 1. The molecule has 0 bridgehead atoms. The number of benzene rings is 1. The number of aryl methyl sites for hydroxylation is 1. The average molecular weight is 278 g/mol. The average Bonchev–Trinajstić information content (AvgIpc) is 2.37. The molecule has 5 heteroatoms. The van der Waals surface area contributed by atoms with Crippen LogP contribution in [0.25, 0.3) is 0 Å². The molecular formula is C15H18O5. The normalized spacial score (nSPS) is 10.1. The number of ether oxygens (including phenoxy) is 1. The van der Waals surface area contributed by atoms with E-state index in [0.29, 0.717) is 18.6 Å². The topological polar surface area (TPSA) is 80.7 Å². The minimum absolute atomic E-state index is 0.0426. The molecule has 0 spiro atoms. The summed E-state index contributed by atoms with van der Waals surface area (Å²) in [5, 5.41) is 8.46. The Morgan fingerprint density at radius 3 is 2.25 bits per heavy atom. The Morgan fingerprint density at radius 1 is 1.05 bits per heavy atom. The van der Waals surface area contributed by atoms with E-state index in [4.69, 9.17) is 9.84 Å². The van der Waals surface area contributed by atoms with Crippen LogP contribution in [0.3, 0.4) is 0 Å². The molecule has 5 nitrogen and oxygen atoms in total. The molecule has 0 atom stereocenters. The van der Waals surface area contributed by atoms with Gasteiger partial charge in [0.25, 0.3) is 0 Å². The summed E-state index contributed by atoms with van der Waals surface area (Å²) in [6.45, 7) is 1.55. The van der Waals surface area contributed by atoms with Crippen molar-refractivity contribution in [1.29, 1.82) is 0 Å². The maximum Gasteiger partial charge on any atom is 0.311 e. The standard InChI is InChI=1S/C15H18O5/c1-11(16)5-6-12-7-9-13(10-8-12)20-15(19)4-2-3-14(17)18/h7-10H,2-6H2,1H3,(H,17,18). The van der Waals surface area contributed by atoms with Gasteiger partial charge in [0.1, 0.15) is 11.5 Å². The Kier molecular flexibility index (Phi) is 6.43. The molecule has 0 fully saturated rings. The molecule has 0 aliphatic rings. The Bertz CT molecular complexity index is 476. The minimum Gasteiger partial charge on any atom is -0.481 e. The van der Waals surface area contributed by atoms with Crippen molar-refractivity contribution in [3.63, 3.8) is 0 Å². The number of carbonyl (C=O) groups is 3. The number of carboxylic acid groups (broad SMARTS) is 1. The lowest BCUT2D eigenvalue weighted by atomic mass is 10.1. The first-order valence-electron chi connectivity index (χ1n) is 6.48. The molecule has 0 unspecified atom stereocenters. The first-order valence-corrected chi connectivity index (χ1v) is 6.48. The second kappa shape index (κ2) is 8.09. The summed E-state index contributed by atoms with van der Waals surface area (Å²) in [6, 6.07) is 6.96. The van der Waals surface area contributed by atoms with Crippen molar-refractivity contribution in [2.75, 3.05) is 0 Å². The fourth-order valence-electron chi connectivity index (χ4n) is 1.61. The molecule has 20 heavy (non-hydrogen) atoms. The summed E-state index contributed by atoms with van der Waals surface area (Å²) >= 11 is 0. The van der Waals surface area contributed by atoms with E-state index in [0.717, 1.165) is 5.56 Å². The second-order valence-corrected chi connectivity index (χ2v) is 4.57. The number of carbonyl (C=O) groups excluding carboxylic acids is 2. The highest BCUT2D eigenvalue weighted by atomic mass is 16.5. The SMILES string of the molecule is CC(=O)CCc1ccc(OC(=O)CCCC(=O)O)cc1. The minimum atomic E-state index is -0.923. The molecule has 0 saturated carbocycles. The monoisotopic (exact) mass is 278 g/mol. The van der Waals surface area contributed by atoms with Crippen molar-refractivity contribution in [3.05, 3.63) is 29.8 Å². The van der Waals surface area contributed by atoms with E-state index < -0.39 is 11.9 Å². The summed E-state index contributed by atoms with van der Waals surface area (Å²) in [5.41, 5.74) is 1.01. The Morgan fingerprint density at radius 2 is 1.70 bits per heavy atom. The fourth-order valence-corrected chi connectivity index (χ4v) is 1.61. The van der Waals surface area contributed by atoms with E-state index in [1.165, 1.54) is 0 Å². The number of rotatable bonds is 8. The van der Waals surface area contributed by atoms with E-state index in [1.807, 2.05) is 12.1 Å². The van der Waals surface area contributed by atoms with Gasteiger partial charge in [-0.15, -0.1) is 0 Å². The second-order valence-electron chi connectivity index (χ2n) is 4.57. The van der Waals surface area contributed by atoms with Gasteiger partial charge in [0.15, 0.2) is 0 Å². The Hall–Kier alpha value is -2.17. The highest BCUT2D eigenvalue weighted by Gasteiger charge is 2.06. The zero-order valence-corrected chi connectivity index (χ0v) is 11.4. The van der Waals surface area contributed by atoms with E-state index in [-0.39, 0.29) is 25.0 Å². The van der Waals surface area contributed by atoms with E-state index in [2.05, 4.69) is 0 Å². The molecule has 0 radical (unpaired) electrons. The van der Waals surface area contributed by atoms with Crippen LogP contribution in [0.1, 0.15) is 38.2 Å². The van der Waals surface area contributed by atoms with Gasteiger partial charge in [-0.3, -0.25) is 9.59 Å². The number of aliphatic carboxylic acids is 1. The van der Waals surface area contributed by atoms with Gasteiger partial charge in [-0.05, 0) is 37.5 Å². The van der Waals surface area contributed by atoms with Gasteiger partial charge < -0.3 is 14.6 Å². The molecular weight excluding hydrogens is 260 g/mol. The van der Waals surface area contributed by atoms with Crippen molar-refractivity contribution >= 4 is 17.7 Å². The third kappa shape index (κ3) is 6.68.